The molecule has 0 saturated heterocycles. The highest BCUT2D eigenvalue weighted by Gasteiger charge is 2.16. The highest BCUT2D eigenvalue weighted by molar-refractivity contribution is 6.08. The van der Waals surface area contributed by atoms with Crippen molar-refractivity contribution in [1.82, 2.24) is 4.98 Å². The van der Waals surface area contributed by atoms with E-state index < -0.39 is 0 Å². The van der Waals surface area contributed by atoms with E-state index in [-0.39, 0.29) is 5.78 Å². The number of Topliss-reactive ketones (excluding diaryl/α,β-unsaturated/α-hetero) is 1. The first-order valence-electron chi connectivity index (χ1n) is 6.64. The van der Waals surface area contributed by atoms with Gasteiger partial charge in [0.2, 0.25) is 0 Å². The average molecular weight is 256 g/mol. The standard InChI is InChI=1S/C16H20N2O/c1-5-6-15(19)13-10-17-14-8-7-11(2)9-12(14)16(13)18(3)4/h7-10H,5-6H2,1-4H3. The molecule has 2 rings (SSSR count). The zero-order valence-corrected chi connectivity index (χ0v) is 12.0. The number of fused-ring (bicyclic) bond motifs is 1. The van der Waals surface area contributed by atoms with Gasteiger partial charge >= 0.3 is 0 Å². The Bertz CT molecular complexity index is 617. The van der Waals surface area contributed by atoms with Gasteiger partial charge in [0.25, 0.3) is 0 Å². The molecule has 0 aliphatic carbocycles. The Morgan fingerprint density at radius 1 is 1.32 bits per heavy atom. The van der Waals surface area contributed by atoms with Crippen LogP contribution in [-0.4, -0.2) is 24.9 Å². The van der Waals surface area contributed by atoms with Crippen LogP contribution in [0.25, 0.3) is 10.9 Å². The fourth-order valence-corrected chi connectivity index (χ4v) is 2.34. The monoisotopic (exact) mass is 256 g/mol. The lowest BCUT2D eigenvalue weighted by molar-refractivity contribution is 0.0982. The molecule has 3 nitrogen and oxygen atoms in total. The lowest BCUT2D eigenvalue weighted by Crippen LogP contribution is -2.15. The Hall–Kier alpha value is -1.90. The van der Waals surface area contributed by atoms with Gasteiger partial charge in [0.05, 0.1) is 16.8 Å². The fourth-order valence-electron chi connectivity index (χ4n) is 2.34. The van der Waals surface area contributed by atoms with E-state index in [1.807, 2.05) is 38.1 Å². The molecule has 1 aromatic carbocycles. The van der Waals surface area contributed by atoms with Crippen molar-refractivity contribution in [2.45, 2.75) is 26.7 Å². The Kier molecular flexibility index (Phi) is 3.84. The molecule has 0 radical (unpaired) electrons. The maximum atomic E-state index is 12.2. The van der Waals surface area contributed by atoms with Gasteiger partial charge in [-0.2, -0.15) is 0 Å². The summed E-state index contributed by atoms with van der Waals surface area (Å²) in [6.45, 7) is 4.07. The maximum absolute atomic E-state index is 12.2. The largest absolute Gasteiger partial charge is 0.376 e. The van der Waals surface area contributed by atoms with Crippen LogP contribution in [0.2, 0.25) is 0 Å². The molecule has 0 saturated carbocycles. The number of rotatable bonds is 4. The minimum atomic E-state index is 0.169. The number of aryl methyl sites for hydroxylation is 1. The highest BCUT2D eigenvalue weighted by atomic mass is 16.1. The van der Waals surface area contributed by atoms with Gasteiger partial charge in [-0.15, -0.1) is 0 Å². The summed E-state index contributed by atoms with van der Waals surface area (Å²) in [5.41, 5.74) is 3.82. The van der Waals surface area contributed by atoms with Gasteiger partial charge in [0.15, 0.2) is 5.78 Å². The summed E-state index contributed by atoms with van der Waals surface area (Å²) in [6.07, 6.45) is 3.14. The number of nitrogens with zero attached hydrogens (tertiary/aromatic N) is 2. The van der Waals surface area contributed by atoms with Crippen molar-refractivity contribution in [3.8, 4) is 0 Å². The van der Waals surface area contributed by atoms with Crippen LogP contribution in [0.4, 0.5) is 5.69 Å². The number of aromatic nitrogens is 1. The smallest absolute Gasteiger partial charge is 0.166 e. The van der Waals surface area contributed by atoms with E-state index in [0.29, 0.717) is 6.42 Å². The van der Waals surface area contributed by atoms with Crippen molar-refractivity contribution < 1.29 is 4.79 Å². The molecule has 19 heavy (non-hydrogen) atoms. The number of hydrogen-bond acceptors (Lipinski definition) is 3. The number of benzene rings is 1. The minimum absolute atomic E-state index is 0.169. The molecule has 0 atom stereocenters. The molecule has 0 aliphatic heterocycles. The van der Waals surface area contributed by atoms with Crippen LogP contribution in [0.1, 0.15) is 35.7 Å². The molecule has 0 fully saturated rings. The summed E-state index contributed by atoms with van der Waals surface area (Å²) < 4.78 is 0. The van der Waals surface area contributed by atoms with Crippen molar-refractivity contribution in [2.24, 2.45) is 0 Å². The van der Waals surface area contributed by atoms with Crippen molar-refractivity contribution in [3.05, 3.63) is 35.5 Å². The van der Waals surface area contributed by atoms with Crippen molar-refractivity contribution >= 4 is 22.4 Å². The van der Waals surface area contributed by atoms with Gasteiger partial charge in [-0.05, 0) is 25.5 Å². The third-order valence-electron chi connectivity index (χ3n) is 3.22. The molecule has 0 unspecified atom stereocenters. The fraction of sp³-hybridized carbons (Fsp3) is 0.375. The number of carbonyl (C=O) groups excluding carboxylic acids is 1. The molecular formula is C16H20N2O. The van der Waals surface area contributed by atoms with Gasteiger partial charge in [-0.3, -0.25) is 9.78 Å². The normalized spacial score (nSPS) is 10.7. The minimum Gasteiger partial charge on any atom is -0.376 e. The van der Waals surface area contributed by atoms with Crippen LogP contribution >= 0.6 is 0 Å². The van der Waals surface area contributed by atoms with E-state index >= 15 is 0 Å². The Morgan fingerprint density at radius 2 is 2.05 bits per heavy atom. The van der Waals surface area contributed by atoms with E-state index in [1.165, 1.54) is 5.56 Å². The van der Waals surface area contributed by atoms with Crippen LogP contribution in [0, 0.1) is 6.92 Å². The first-order valence-corrected chi connectivity index (χ1v) is 6.64. The molecule has 0 N–H and O–H groups in total. The highest BCUT2D eigenvalue weighted by Crippen LogP contribution is 2.30. The van der Waals surface area contributed by atoms with Gasteiger partial charge in [0.1, 0.15) is 0 Å². The quantitative estimate of drug-likeness (QED) is 0.784. The number of pyridine rings is 1. The average Bonchev–Trinajstić information content (AvgIpc) is 2.37. The topological polar surface area (TPSA) is 33.2 Å². The molecule has 0 aliphatic rings. The summed E-state index contributed by atoms with van der Waals surface area (Å²) in [5, 5.41) is 1.05. The third-order valence-corrected chi connectivity index (χ3v) is 3.22. The molecule has 0 amide bonds. The number of carbonyl (C=O) groups is 1. The molecule has 1 heterocycles. The Labute approximate surface area is 114 Å². The summed E-state index contributed by atoms with van der Waals surface area (Å²) in [5.74, 6) is 0.169. The van der Waals surface area contributed by atoms with Gasteiger partial charge in [-0.25, -0.2) is 0 Å². The van der Waals surface area contributed by atoms with E-state index in [9.17, 15) is 4.79 Å². The van der Waals surface area contributed by atoms with Crippen LogP contribution in [0.3, 0.4) is 0 Å². The number of anilines is 1. The van der Waals surface area contributed by atoms with E-state index in [4.69, 9.17) is 0 Å². The van der Waals surface area contributed by atoms with Crippen molar-refractivity contribution in [2.75, 3.05) is 19.0 Å². The Morgan fingerprint density at radius 3 is 2.68 bits per heavy atom. The molecule has 100 valence electrons. The molecule has 0 spiro atoms. The van der Waals surface area contributed by atoms with Crippen molar-refractivity contribution in [3.63, 3.8) is 0 Å². The molecular weight excluding hydrogens is 236 g/mol. The lowest BCUT2D eigenvalue weighted by Gasteiger charge is -2.19. The molecule has 1 aromatic heterocycles. The second kappa shape index (κ2) is 5.39. The second-order valence-corrected chi connectivity index (χ2v) is 5.11. The van der Waals surface area contributed by atoms with Crippen LogP contribution in [0.15, 0.2) is 24.4 Å². The van der Waals surface area contributed by atoms with E-state index in [0.717, 1.165) is 28.6 Å². The first-order chi connectivity index (χ1) is 9.04. The zero-order valence-electron chi connectivity index (χ0n) is 12.0. The predicted molar refractivity (Wildman–Crippen MR) is 80.0 cm³/mol. The van der Waals surface area contributed by atoms with Crippen LogP contribution in [-0.2, 0) is 0 Å². The summed E-state index contributed by atoms with van der Waals surface area (Å²) in [7, 11) is 3.94. The zero-order chi connectivity index (χ0) is 14.0. The molecule has 0 bridgehead atoms. The van der Waals surface area contributed by atoms with Crippen molar-refractivity contribution in [1.29, 1.82) is 0 Å². The number of ketones is 1. The third kappa shape index (κ3) is 2.60. The molecule has 2 aromatic rings. The van der Waals surface area contributed by atoms with Gasteiger partial charge in [-0.1, -0.05) is 18.6 Å². The summed E-state index contributed by atoms with van der Waals surface area (Å²) >= 11 is 0. The summed E-state index contributed by atoms with van der Waals surface area (Å²) in [6, 6.07) is 6.15. The van der Waals surface area contributed by atoms with E-state index in [1.54, 1.807) is 6.20 Å². The van der Waals surface area contributed by atoms with Crippen LogP contribution in [0.5, 0.6) is 0 Å². The van der Waals surface area contributed by atoms with E-state index in [2.05, 4.69) is 18.0 Å². The lowest BCUT2D eigenvalue weighted by atomic mass is 10.0. The van der Waals surface area contributed by atoms with Gasteiger partial charge < -0.3 is 4.90 Å². The maximum Gasteiger partial charge on any atom is 0.166 e. The van der Waals surface area contributed by atoms with Gasteiger partial charge in [0, 0.05) is 32.1 Å². The van der Waals surface area contributed by atoms with Crippen LogP contribution < -0.4 is 4.90 Å². The second-order valence-electron chi connectivity index (χ2n) is 5.11. The predicted octanol–water partition coefficient (Wildman–Crippen LogP) is 3.59. The Balaban J connectivity index is 2.71. The molecule has 3 heteroatoms. The number of hydrogen-bond donors (Lipinski definition) is 0. The summed E-state index contributed by atoms with van der Waals surface area (Å²) in [4.78, 5) is 18.7. The first kappa shape index (κ1) is 13.5. The SMILES string of the molecule is CCCC(=O)c1cnc2ccc(C)cc2c1N(C)C.